The Hall–Kier alpha value is -1.52. The van der Waals surface area contributed by atoms with Gasteiger partial charge in [-0.3, -0.25) is 4.79 Å². The highest BCUT2D eigenvalue weighted by molar-refractivity contribution is 7.99. The third-order valence-corrected chi connectivity index (χ3v) is 3.94. The topological polar surface area (TPSA) is 37.3 Å². The number of benzene rings is 2. The van der Waals surface area contributed by atoms with E-state index in [9.17, 15) is 9.18 Å². The standard InChI is InChI=1S/C14H10ClFO2S/c15-13(14(17)18)11-6-1-2-7-12(11)19-10-5-3-4-9(16)8-10/h1-8,13H,(H,17,18). The van der Waals surface area contributed by atoms with Gasteiger partial charge in [-0.25, -0.2) is 4.39 Å². The van der Waals surface area contributed by atoms with Gasteiger partial charge in [-0.2, -0.15) is 0 Å². The van der Waals surface area contributed by atoms with Gasteiger partial charge in [0.15, 0.2) is 5.38 Å². The number of hydrogen-bond donors (Lipinski definition) is 1. The van der Waals surface area contributed by atoms with Gasteiger partial charge in [0.1, 0.15) is 5.82 Å². The Morgan fingerprint density at radius 3 is 2.63 bits per heavy atom. The average molecular weight is 297 g/mol. The van der Waals surface area contributed by atoms with Crippen LogP contribution >= 0.6 is 23.4 Å². The molecule has 1 atom stereocenters. The quantitative estimate of drug-likeness (QED) is 0.853. The molecule has 2 aromatic carbocycles. The summed E-state index contributed by atoms with van der Waals surface area (Å²) < 4.78 is 13.1. The van der Waals surface area contributed by atoms with Crippen molar-refractivity contribution in [1.82, 2.24) is 0 Å². The summed E-state index contributed by atoms with van der Waals surface area (Å²) in [4.78, 5) is 12.4. The van der Waals surface area contributed by atoms with Crippen molar-refractivity contribution in [2.75, 3.05) is 0 Å². The van der Waals surface area contributed by atoms with E-state index in [2.05, 4.69) is 0 Å². The van der Waals surface area contributed by atoms with E-state index in [4.69, 9.17) is 16.7 Å². The molecule has 2 nitrogen and oxygen atoms in total. The summed E-state index contributed by atoms with van der Waals surface area (Å²) in [7, 11) is 0. The van der Waals surface area contributed by atoms with Crippen molar-refractivity contribution < 1.29 is 14.3 Å². The van der Waals surface area contributed by atoms with E-state index in [0.717, 1.165) is 0 Å². The minimum absolute atomic E-state index is 0.330. The van der Waals surface area contributed by atoms with Crippen molar-refractivity contribution in [3.63, 3.8) is 0 Å². The number of carboxylic acids is 1. The van der Waals surface area contributed by atoms with Crippen LogP contribution in [-0.4, -0.2) is 11.1 Å². The molecule has 0 aromatic heterocycles. The SMILES string of the molecule is O=C(O)C(Cl)c1ccccc1Sc1cccc(F)c1. The summed E-state index contributed by atoms with van der Waals surface area (Å²) in [5.41, 5.74) is 0.505. The molecule has 19 heavy (non-hydrogen) atoms. The van der Waals surface area contributed by atoms with Gasteiger partial charge in [-0.15, -0.1) is 11.6 Å². The average Bonchev–Trinajstić information content (AvgIpc) is 2.38. The Morgan fingerprint density at radius 1 is 1.21 bits per heavy atom. The molecule has 0 spiro atoms. The summed E-state index contributed by atoms with van der Waals surface area (Å²) in [6.07, 6.45) is 0. The second-order valence-electron chi connectivity index (χ2n) is 3.80. The van der Waals surface area contributed by atoms with E-state index >= 15 is 0 Å². The van der Waals surface area contributed by atoms with E-state index in [1.54, 1.807) is 36.4 Å². The smallest absolute Gasteiger partial charge is 0.326 e. The van der Waals surface area contributed by atoms with Crippen LogP contribution in [0.1, 0.15) is 10.9 Å². The minimum Gasteiger partial charge on any atom is -0.480 e. The van der Waals surface area contributed by atoms with E-state index in [1.807, 2.05) is 0 Å². The number of hydrogen-bond acceptors (Lipinski definition) is 2. The fraction of sp³-hybridized carbons (Fsp3) is 0.0714. The Morgan fingerprint density at radius 2 is 1.95 bits per heavy atom. The molecule has 0 amide bonds. The first-order valence-corrected chi connectivity index (χ1v) is 6.72. The molecule has 0 aliphatic rings. The molecule has 5 heteroatoms. The number of carbonyl (C=O) groups is 1. The Balaban J connectivity index is 2.33. The summed E-state index contributed by atoms with van der Waals surface area (Å²) in [6, 6.07) is 13.1. The molecule has 0 radical (unpaired) electrons. The number of alkyl halides is 1. The van der Waals surface area contributed by atoms with Gasteiger partial charge in [0.2, 0.25) is 0 Å². The van der Waals surface area contributed by atoms with Gasteiger partial charge in [0.25, 0.3) is 0 Å². The molecule has 2 rings (SSSR count). The lowest BCUT2D eigenvalue weighted by molar-refractivity contribution is -0.136. The molecule has 0 heterocycles. The van der Waals surface area contributed by atoms with Crippen molar-refractivity contribution in [3.8, 4) is 0 Å². The third kappa shape index (κ3) is 3.49. The molecule has 0 bridgehead atoms. The Bertz CT molecular complexity index is 604. The molecule has 0 aliphatic heterocycles. The first-order valence-electron chi connectivity index (χ1n) is 5.47. The summed E-state index contributed by atoms with van der Waals surface area (Å²) in [6.45, 7) is 0. The van der Waals surface area contributed by atoms with Crippen LogP contribution in [0.5, 0.6) is 0 Å². The summed E-state index contributed by atoms with van der Waals surface area (Å²) in [5.74, 6) is -1.43. The second-order valence-corrected chi connectivity index (χ2v) is 5.35. The molecule has 98 valence electrons. The van der Waals surface area contributed by atoms with Crippen molar-refractivity contribution in [3.05, 3.63) is 59.9 Å². The number of halogens is 2. The van der Waals surface area contributed by atoms with Crippen LogP contribution in [0.15, 0.2) is 58.3 Å². The lowest BCUT2D eigenvalue weighted by atomic mass is 10.1. The highest BCUT2D eigenvalue weighted by Gasteiger charge is 2.19. The molecule has 0 saturated carbocycles. The van der Waals surface area contributed by atoms with E-state index in [0.29, 0.717) is 15.4 Å². The van der Waals surface area contributed by atoms with Gasteiger partial charge in [-0.1, -0.05) is 36.0 Å². The summed E-state index contributed by atoms with van der Waals surface area (Å²) >= 11 is 7.14. The first kappa shape index (κ1) is 13.9. The zero-order chi connectivity index (χ0) is 13.8. The predicted octanol–water partition coefficient (Wildman–Crippen LogP) is 4.34. The minimum atomic E-state index is -1.11. The maximum Gasteiger partial charge on any atom is 0.326 e. The van der Waals surface area contributed by atoms with Crippen LogP contribution < -0.4 is 0 Å². The predicted molar refractivity (Wildman–Crippen MR) is 73.2 cm³/mol. The fourth-order valence-electron chi connectivity index (χ4n) is 1.57. The molecule has 1 N–H and O–H groups in total. The maximum absolute atomic E-state index is 13.1. The number of carboxylic acid groups (broad SMARTS) is 1. The number of rotatable bonds is 4. The van der Waals surface area contributed by atoms with Crippen molar-refractivity contribution in [1.29, 1.82) is 0 Å². The number of aliphatic carboxylic acids is 1. The third-order valence-electron chi connectivity index (χ3n) is 2.43. The van der Waals surface area contributed by atoms with Crippen LogP contribution in [0.2, 0.25) is 0 Å². The van der Waals surface area contributed by atoms with Crippen LogP contribution in [0.25, 0.3) is 0 Å². The van der Waals surface area contributed by atoms with Crippen molar-refractivity contribution in [2.24, 2.45) is 0 Å². The van der Waals surface area contributed by atoms with Crippen LogP contribution in [0, 0.1) is 5.82 Å². The monoisotopic (exact) mass is 296 g/mol. The van der Waals surface area contributed by atoms with Gasteiger partial charge in [0, 0.05) is 9.79 Å². The zero-order valence-electron chi connectivity index (χ0n) is 9.72. The Kier molecular flexibility index (Phi) is 4.45. The van der Waals surface area contributed by atoms with Crippen LogP contribution in [0.4, 0.5) is 4.39 Å². The van der Waals surface area contributed by atoms with E-state index in [1.165, 1.54) is 23.9 Å². The van der Waals surface area contributed by atoms with Gasteiger partial charge in [-0.05, 0) is 29.8 Å². The highest BCUT2D eigenvalue weighted by Crippen LogP contribution is 2.35. The zero-order valence-corrected chi connectivity index (χ0v) is 11.3. The molecule has 0 saturated heterocycles. The van der Waals surface area contributed by atoms with Crippen LogP contribution in [-0.2, 0) is 4.79 Å². The fourth-order valence-corrected chi connectivity index (χ4v) is 2.85. The molecule has 1 unspecified atom stereocenters. The lowest BCUT2D eigenvalue weighted by Crippen LogP contribution is -2.05. The second kappa shape index (κ2) is 6.08. The molecular weight excluding hydrogens is 287 g/mol. The normalized spacial score (nSPS) is 12.1. The summed E-state index contributed by atoms with van der Waals surface area (Å²) in [5, 5.41) is 7.86. The van der Waals surface area contributed by atoms with E-state index in [-0.39, 0.29) is 5.82 Å². The lowest BCUT2D eigenvalue weighted by Gasteiger charge is -2.11. The van der Waals surface area contributed by atoms with E-state index < -0.39 is 11.3 Å². The Labute approximate surface area is 119 Å². The maximum atomic E-state index is 13.1. The molecular formula is C14H10ClFO2S. The van der Waals surface area contributed by atoms with Crippen molar-refractivity contribution in [2.45, 2.75) is 15.2 Å². The molecule has 0 aliphatic carbocycles. The molecule has 2 aromatic rings. The molecule has 0 fully saturated rings. The van der Waals surface area contributed by atoms with Gasteiger partial charge < -0.3 is 5.11 Å². The van der Waals surface area contributed by atoms with Gasteiger partial charge in [0.05, 0.1) is 0 Å². The highest BCUT2D eigenvalue weighted by atomic mass is 35.5. The largest absolute Gasteiger partial charge is 0.480 e. The first-order chi connectivity index (χ1) is 9.08. The van der Waals surface area contributed by atoms with Crippen molar-refractivity contribution >= 4 is 29.3 Å². The van der Waals surface area contributed by atoms with Crippen LogP contribution in [0.3, 0.4) is 0 Å². The van der Waals surface area contributed by atoms with Gasteiger partial charge >= 0.3 is 5.97 Å².